The van der Waals surface area contributed by atoms with Crippen LogP contribution in [0.1, 0.15) is 83.5 Å². The molecule has 0 aromatic carbocycles. The number of carbonyl (C=O) groups excluding carboxylic acids is 2. The minimum Gasteiger partial charge on any atom is -0.388 e. The summed E-state index contributed by atoms with van der Waals surface area (Å²) in [6.07, 6.45) is 9.80. The van der Waals surface area contributed by atoms with E-state index in [1.54, 1.807) is 0 Å². The molecule has 0 aromatic rings. The number of aliphatic hydroxyl groups excluding tert-OH is 1. The molecular formula is C32H60N4O6. The maximum atomic E-state index is 13.0. The number of ether oxygens (including phenoxy) is 3. The van der Waals surface area contributed by atoms with Crippen molar-refractivity contribution in [2.45, 2.75) is 102 Å². The summed E-state index contributed by atoms with van der Waals surface area (Å²) in [5.74, 6) is 1.68. The molecule has 5 atom stereocenters. The smallest absolute Gasteiger partial charge is 0.140 e. The average molecular weight is 597 g/mol. The second kappa shape index (κ2) is 19.4. The molecule has 10 nitrogen and oxygen atoms in total. The van der Waals surface area contributed by atoms with Crippen LogP contribution in [0.25, 0.3) is 0 Å². The lowest BCUT2D eigenvalue weighted by molar-refractivity contribution is -0.171. The second-order valence-corrected chi connectivity index (χ2v) is 13.0. The van der Waals surface area contributed by atoms with Gasteiger partial charge in [0, 0.05) is 56.6 Å². The second-order valence-electron chi connectivity index (χ2n) is 13.0. The first-order chi connectivity index (χ1) is 20.4. The van der Waals surface area contributed by atoms with E-state index in [9.17, 15) is 14.7 Å². The van der Waals surface area contributed by atoms with Gasteiger partial charge in [-0.15, -0.1) is 0 Å². The van der Waals surface area contributed by atoms with E-state index < -0.39 is 12.2 Å². The van der Waals surface area contributed by atoms with Crippen LogP contribution in [0, 0.1) is 35.5 Å². The van der Waals surface area contributed by atoms with Crippen LogP contribution in [0.5, 0.6) is 0 Å². The van der Waals surface area contributed by atoms with Crippen molar-refractivity contribution in [2.75, 3.05) is 52.6 Å². The maximum Gasteiger partial charge on any atom is 0.140 e. The molecular weight excluding hydrogens is 536 g/mol. The van der Waals surface area contributed by atoms with Gasteiger partial charge in [0.2, 0.25) is 0 Å². The fourth-order valence-corrected chi connectivity index (χ4v) is 7.15. The molecule has 2 unspecified atom stereocenters. The van der Waals surface area contributed by atoms with Crippen molar-refractivity contribution < 1.29 is 28.9 Å². The molecule has 42 heavy (non-hydrogen) atoms. The van der Waals surface area contributed by atoms with Gasteiger partial charge in [0.25, 0.3) is 0 Å². The SMILES string of the molecule is NCC1CCC(C(=O)C(CN)CCCOC[C@H]2OCC[C@@H](OCCCC(CN)C(=O)C3CCC(CN)CC3)[C@@H]2O)CC1. The Balaban J connectivity index is 1.29. The van der Waals surface area contributed by atoms with Gasteiger partial charge in [-0.2, -0.15) is 0 Å². The first kappa shape index (κ1) is 35.5. The molecule has 1 aliphatic heterocycles. The van der Waals surface area contributed by atoms with E-state index in [1.165, 1.54) is 0 Å². The van der Waals surface area contributed by atoms with Crippen LogP contribution in [0.2, 0.25) is 0 Å². The van der Waals surface area contributed by atoms with E-state index in [-0.39, 0.29) is 36.4 Å². The lowest BCUT2D eigenvalue weighted by Gasteiger charge is -2.34. The van der Waals surface area contributed by atoms with Crippen molar-refractivity contribution in [3.05, 3.63) is 0 Å². The predicted molar refractivity (Wildman–Crippen MR) is 163 cm³/mol. The van der Waals surface area contributed by atoms with Gasteiger partial charge in [-0.05, 0) is 108 Å². The molecule has 3 rings (SSSR count). The highest BCUT2D eigenvalue weighted by atomic mass is 16.6. The summed E-state index contributed by atoms with van der Waals surface area (Å²) in [6, 6.07) is 0. The lowest BCUT2D eigenvalue weighted by Crippen LogP contribution is -2.48. The van der Waals surface area contributed by atoms with Gasteiger partial charge < -0.3 is 42.3 Å². The first-order valence-electron chi connectivity index (χ1n) is 16.8. The third-order valence-electron chi connectivity index (χ3n) is 10.2. The van der Waals surface area contributed by atoms with Crippen molar-refractivity contribution in [2.24, 2.45) is 58.4 Å². The summed E-state index contributed by atoms with van der Waals surface area (Å²) >= 11 is 0. The molecule has 2 aliphatic carbocycles. The fourth-order valence-electron chi connectivity index (χ4n) is 7.15. The molecule has 3 fully saturated rings. The van der Waals surface area contributed by atoms with Crippen molar-refractivity contribution >= 4 is 11.6 Å². The van der Waals surface area contributed by atoms with Gasteiger partial charge in [0.05, 0.1) is 12.7 Å². The minimum atomic E-state index is -0.773. The van der Waals surface area contributed by atoms with Crippen molar-refractivity contribution in [1.29, 1.82) is 0 Å². The van der Waals surface area contributed by atoms with E-state index >= 15 is 0 Å². The summed E-state index contributed by atoms with van der Waals surface area (Å²) in [7, 11) is 0. The predicted octanol–water partition coefficient (Wildman–Crippen LogP) is 1.92. The Morgan fingerprint density at radius 3 is 1.71 bits per heavy atom. The Hall–Kier alpha value is -0.980. The Morgan fingerprint density at radius 2 is 1.24 bits per heavy atom. The van der Waals surface area contributed by atoms with E-state index in [0.717, 1.165) is 64.2 Å². The highest BCUT2D eigenvalue weighted by molar-refractivity contribution is 5.84. The molecule has 0 amide bonds. The summed E-state index contributed by atoms with van der Waals surface area (Å²) in [5.41, 5.74) is 23.5. The molecule has 10 heteroatoms. The quantitative estimate of drug-likeness (QED) is 0.138. The minimum absolute atomic E-state index is 0.114. The highest BCUT2D eigenvalue weighted by Crippen LogP contribution is 2.32. The van der Waals surface area contributed by atoms with Crippen molar-refractivity contribution in [3.8, 4) is 0 Å². The van der Waals surface area contributed by atoms with E-state index in [4.69, 9.17) is 37.1 Å². The standard InChI is InChI=1S/C32H60N4O6/c33-17-22-5-9-24(10-6-22)30(37)26(19-35)3-1-14-40-21-29-32(39)28(13-16-42-29)41-15-2-4-27(20-36)31(38)25-11-7-23(18-34)8-12-25/h22-29,32,39H,1-21,33-36H2/t22?,23?,24?,25?,26?,27?,28-,29-,32+/m1/s1. The zero-order valence-corrected chi connectivity index (χ0v) is 25.8. The molecule has 3 aliphatic rings. The summed E-state index contributed by atoms with van der Waals surface area (Å²) in [4.78, 5) is 26.0. The van der Waals surface area contributed by atoms with Gasteiger partial charge in [0.15, 0.2) is 0 Å². The topological polar surface area (TPSA) is 186 Å². The number of nitrogens with two attached hydrogens (primary N) is 4. The number of Topliss-reactive ketones (excluding diaryl/α,β-unsaturated/α-hetero) is 2. The lowest BCUT2D eigenvalue weighted by atomic mass is 9.76. The molecule has 244 valence electrons. The van der Waals surface area contributed by atoms with Crippen LogP contribution in [-0.4, -0.2) is 87.6 Å². The normalized spacial score (nSPS) is 31.9. The average Bonchev–Trinajstić information content (AvgIpc) is 3.03. The number of hydrogen-bond acceptors (Lipinski definition) is 10. The number of ketones is 2. The molecule has 1 saturated heterocycles. The molecule has 2 saturated carbocycles. The highest BCUT2D eigenvalue weighted by Gasteiger charge is 2.34. The molecule has 0 spiro atoms. The molecule has 0 radical (unpaired) electrons. The maximum absolute atomic E-state index is 13.0. The molecule has 0 aromatic heterocycles. The van der Waals surface area contributed by atoms with Crippen LogP contribution >= 0.6 is 0 Å². The van der Waals surface area contributed by atoms with Crippen LogP contribution < -0.4 is 22.9 Å². The molecule has 0 bridgehead atoms. The number of rotatable bonds is 19. The van der Waals surface area contributed by atoms with Gasteiger partial charge in [-0.1, -0.05) is 0 Å². The van der Waals surface area contributed by atoms with Gasteiger partial charge in [-0.25, -0.2) is 0 Å². The Labute approximate surface area is 253 Å². The van der Waals surface area contributed by atoms with Crippen LogP contribution in [0.15, 0.2) is 0 Å². The number of hydrogen-bond donors (Lipinski definition) is 5. The van der Waals surface area contributed by atoms with E-state index in [2.05, 4.69) is 0 Å². The fraction of sp³-hybridized carbons (Fsp3) is 0.938. The zero-order valence-electron chi connectivity index (χ0n) is 25.8. The molecule has 9 N–H and O–H groups in total. The van der Waals surface area contributed by atoms with Crippen molar-refractivity contribution in [3.63, 3.8) is 0 Å². The van der Waals surface area contributed by atoms with Gasteiger partial charge in [-0.3, -0.25) is 9.59 Å². The third kappa shape index (κ3) is 10.9. The number of carbonyl (C=O) groups is 2. The van der Waals surface area contributed by atoms with Gasteiger partial charge >= 0.3 is 0 Å². The summed E-state index contributed by atoms with van der Waals surface area (Å²) in [5, 5.41) is 10.8. The summed E-state index contributed by atoms with van der Waals surface area (Å²) in [6.45, 7) is 3.89. The Kier molecular flexibility index (Phi) is 16.4. The monoisotopic (exact) mass is 596 g/mol. The van der Waals surface area contributed by atoms with E-state index in [1.807, 2.05) is 0 Å². The summed E-state index contributed by atoms with van der Waals surface area (Å²) < 4.78 is 17.7. The van der Waals surface area contributed by atoms with Gasteiger partial charge in [0.1, 0.15) is 23.8 Å². The van der Waals surface area contributed by atoms with Crippen LogP contribution in [0.3, 0.4) is 0 Å². The number of aliphatic hydroxyl groups is 1. The van der Waals surface area contributed by atoms with E-state index in [0.29, 0.717) is 88.7 Å². The Morgan fingerprint density at radius 1 is 0.738 bits per heavy atom. The zero-order chi connectivity index (χ0) is 30.3. The van der Waals surface area contributed by atoms with Crippen LogP contribution in [-0.2, 0) is 23.8 Å². The largest absolute Gasteiger partial charge is 0.388 e. The third-order valence-corrected chi connectivity index (χ3v) is 10.2. The molecule has 1 heterocycles. The van der Waals surface area contributed by atoms with Crippen LogP contribution in [0.4, 0.5) is 0 Å². The Bertz CT molecular complexity index is 772. The first-order valence-corrected chi connectivity index (χ1v) is 16.8. The van der Waals surface area contributed by atoms with Crippen molar-refractivity contribution in [1.82, 2.24) is 0 Å².